The fourth-order valence-corrected chi connectivity index (χ4v) is 2.39. The number of aromatic hydroxyl groups is 1. The number of benzene rings is 2. The van der Waals surface area contributed by atoms with Gasteiger partial charge < -0.3 is 15.5 Å². The molecule has 0 bridgehead atoms. The fraction of sp³-hybridized carbons (Fsp3) is 0.294. The van der Waals surface area contributed by atoms with E-state index in [-0.39, 0.29) is 24.4 Å². The van der Waals surface area contributed by atoms with Gasteiger partial charge in [0.1, 0.15) is 5.75 Å². The van der Waals surface area contributed by atoms with E-state index in [4.69, 9.17) is 0 Å². The molecule has 0 heterocycles. The number of aliphatic hydroxyl groups excluding tert-OH is 1. The van der Waals surface area contributed by atoms with Crippen LogP contribution >= 0.6 is 0 Å². The molecule has 2 aromatic carbocycles. The number of para-hydroxylation sites is 1. The smallest absolute Gasteiger partial charge is 0.120 e. The second-order valence-electron chi connectivity index (χ2n) is 4.83. The first-order valence-corrected chi connectivity index (χ1v) is 6.96. The van der Waals surface area contributed by atoms with Crippen LogP contribution in [0.5, 0.6) is 5.75 Å². The van der Waals surface area contributed by atoms with Gasteiger partial charge in [0.05, 0.1) is 12.6 Å². The lowest BCUT2D eigenvalue weighted by atomic mass is 10.00. The average Bonchev–Trinajstić information content (AvgIpc) is 2.50. The molecule has 0 aliphatic heterocycles. The lowest BCUT2D eigenvalue weighted by Crippen LogP contribution is -2.28. The van der Waals surface area contributed by atoms with Crippen molar-refractivity contribution in [2.45, 2.75) is 25.4 Å². The van der Waals surface area contributed by atoms with Gasteiger partial charge in [0, 0.05) is 11.6 Å². The maximum Gasteiger partial charge on any atom is 0.120 e. The Morgan fingerprint density at radius 1 is 0.950 bits per heavy atom. The average molecular weight is 271 g/mol. The molecule has 0 aliphatic rings. The van der Waals surface area contributed by atoms with Crippen LogP contribution < -0.4 is 5.32 Å². The van der Waals surface area contributed by atoms with E-state index in [1.165, 1.54) is 0 Å². The molecule has 0 amide bonds. The molecule has 0 saturated carbocycles. The van der Waals surface area contributed by atoms with Gasteiger partial charge in [-0.1, -0.05) is 55.5 Å². The van der Waals surface area contributed by atoms with Gasteiger partial charge in [0.2, 0.25) is 0 Å². The summed E-state index contributed by atoms with van der Waals surface area (Å²) >= 11 is 0. The Kier molecular flexibility index (Phi) is 5.16. The van der Waals surface area contributed by atoms with Crippen LogP contribution in [0.4, 0.5) is 0 Å². The largest absolute Gasteiger partial charge is 0.508 e. The van der Waals surface area contributed by atoms with Crippen molar-refractivity contribution < 1.29 is 10.2 Å². The third-order valence-electron chi connectivity index (χ3n) is 3.51. The van der Waals surface area contributed by atoms with Crippen LogP contribution in [0.25, 0.3) is 0 Å². The molecule has 3 nitrogen and oxygen atoms in total. The highest BCUT2D eigenvalue weighted by Crippen LogP contribution is 2.28. The zero-order valence-electron chi connectivity index (χ0n) is 11.7. The van der Waals surface area contributed by atoms with E-state index in [2.05, 4.69) is 12.2 Å². The molecule has 2 rings (SSSR count). The molecular formula is C17H21NO2. The topological polar surface area (TPSA) is 52.5 Å². The second-order valence-corrected chi connectivity index (χ2v) is 4.83. The van der Waals surface area contributed by atoms with Crippen LogP contribution in [0, 0.1) is 0 Å². The highest BCUT2D eigenvalue weighted by Gasteiger charge is 2.18. The monoisotopic (exact) mass is 271 g/mol. The number of aliphatic hydroxyl groups is 1. The van der Waals surface area contributed by atoms with Crippen molar-refractivity contribution in [3.05, 3.63) is 65.7 Å². The van der Waals surface area contributed by atoms with Crippen LogP contribution in [0.2, 0.25) is 0 Å². The first-order valence-electron chi connectivity index (χ1n) is 6.96. The first-order chi connectivity index (χ1) is 9.76. The normalized spacial score (nSPS) is 13.9. The van der Waals surface area contributed by atoms with Gasteiger partial charge in [-0.3, -0.25) is 0 Å². The summed E-state index contributed by atoms with van der Waals surface area (Å²) in [6, 6.07) is 17.1. The van der Waals surface area contributed by atoms with Crippen molar-refractivity contribution in [2.24, 2.45) is 0 Å². The molecule has 0 aliphatic carbocycles. The lowest BCUT2D eigenvalue weighted by Gasteiger charge is -2.25. The van der Waals surface area contributed by atoms with E-state index >= 15 is 0 Å². The molecule has 20 heavy (non-hydrogen) atoms. The Balaban J connectivity index is 2.19. The van der Waals surface area contributed by atoms with E-state index in [0.29, 0.717) is 0 Å². The first kappa shape index (κ1) is 14.6. The standard InChI is InChI=1S/C17H21NO2/c1-2-15(14-10-6-7-11-17(14)20)18-16(12-19)13-8-4-3-5-9-13/h3-11,15-16,18-20H,2,12H2,1H3/t15?,16-/m0/s1. The maximum atomic E-state index is 9.97. The van der Waals surface area contributed by atoms with Crippen molar-refractivity contribution in [3.8, 4) is 5.75 Å². The van der Waals surface area contributed by atoms with Crippen molar-refractivity contribution in [1.82, 2.24) is 5.32 Å². The number of rotatable bonds is 6. The molecule has 0 aromatic heterocycles. The summed E-state index contributed by atoms with van der Waals surface area (Å²) in [5, 5.41) is 23.0. The molecule has 0 saturated heterocycles. The molecule has 2 aromatic rings. The minimum Gasteiger partial charge on any atom is -0.508 e. The Bertz CT molecular complexity index is 528. The van der Waals surface area contributed by atoms with Gasteiger partial charge >= 0.3 is 0 Å². The summed E-state index contributed by atoms with van der Waals surface area (Å²) < 4.78 is 0. The number of hydrogen-bond donors (Lipinski definition) is 3. The number of phenolic OH excluding ortho intramolecular Hbond substituents is 1. The Morgan fingerprint density at radius 2 is 1.60 bits per heavy atom. The Morgan fingerprint density at radius 3 is 2.20 bits per heavy atom. The van der Waals surface area contributed by atoms with Gasteiger partial charge in [-0.2, -0.15) is 0 Å². The molecule has 0 radical (unpaired) electrons. The van der Waals surface area contributed by atoms with E-state index < -0.39 is 0 Å². The molecule has 0 spiro atoms. The molecule has 1 unspecified atom stereocenters. The highest BCUT2D eigenvalue weighted by molar-refractivity contribution is 5.35. The highest BCUT2D eigenvalue weighted by atomic mass is 16.3. The lowest BCUT2D eigenvalue weighted by molar-refractivity contribution is 0.231. The summed E-state index contributed by atoms with van der Waals surface area (Å²) in [5.74, 6) is 0.289. The fourth-order valence-electron chi connectivity index (χ4n) is 2.39. The molecule has 0 fully saturated rings. The molecule has 3 N–H and O–H groups in total. The Hall–Kier alpha value is -1.84. The summed E-state index contributed by atoms with van der Waals surface area (Å²) in [6.07, 6.45) is 0.834. The van der Waals surface area contributed by atoms with E-state index in [0.717, 1.165) is 17.5 Å². The Labute approximate surface area is 119 Å². The van der Waals surface area contributed by atoms with Gasteiger partial charge in [-0.25, -0.2) is 0 Å². The number of nitrogens with one attached hydrogen (secondary N) is 1. The zero-order chi connectivity index (χ0) is 14.4. The molecular weight excluding hydrogens is 250 g/mol. The minimum absolute atomic E-state index is 0.00792. The molecule has 3 heteroatoms. The van der Waals surface area contributed by atoms with Gasteiger partial charge in [-0.05, 0) is 18.1 Å². The van der Waals surface area contributed by atoms with Crippen molar-refractivity contribution in [3.63, 3.8) is 0 Å². The van der Waals surface area contributed by atoms with E-state index in [9.17, 15) is 10.2 Å². The third kappa shape index (κ3) is 3.38. The predicted octanol–water partition coefficient (Wildman–Crippen LogP) is 3.17. The molecule has 106 valence electrons. The van der Waals surface area contributed by atoms with Gasteiger partial charge in [0.25, 0.3) is 0 Å². The summed E-state index contributed by atoms with van der Waals surface area (Å²) in [6.45, 7) is 2.08. The maximum absolute atomic E-state index is 9.97. The predicted molar refractivity (Wildman–Crippen MR) is 80.5 cm³/mol. The van der Waals surface area contributed by atoms with Crippen LogP contribution in [-0.2, 0) is 0 Å². The number of phenols is 1. The van der Waals surface area contributed by atoms with Crippen LogP contribution in [-0.4, -0.2) is 16.8 Å². The quantitative estimate of drug-likeness (QED) is 0.756. The zero-order valence-corrected chi connectivity index (χ0v) is 11.7. The van der Waals surface area contributed by atoms with Crippen molar-refractivity contribution in [1.29, 1.82) is 0 Å². The minimum atomic E-state index is -0.138. The van der Waals surface area contributed by atoms with Crippen LogP contribution in [0.3, 0.4) is 0 Å². The molecule has 2 atom stereocenters. The van der Waals surface area contributed by atoms with Crippen molar-refractivity contribution in [2.75, 3.05) is 6.61 Å². The van der Waals surface area contributed by atoms with Crippen LogP contribution in [0.15, 0.2) is 54.6 Å². The summed E-state index contributed by atoms with van der Waals surface area (Å²) in [4.78, 5) is 0. The van der Waals surface area contributed by atoms with Crippen molar-refractivity contribution >= 4 is 0 Å². The van der Waals surface area contributed by atoms with E-state index in [1.807, 2.05) is 48.5 Å². The summed E-state index contributed by atoms with van der Waals surface area (Å²) in [5.41, 5.74) is 1.91. The third-order valence-corrected chi connectivity index (χ3v) is 3.51. The van der Waals surface area contributed by atoms with Crippen LogP contribution in [0.1, 0.15) is 36.6 Å². The summed E-state index contributed by atoms with van der Waals surface area (Å²) in [7, 11) is 0. The van der Waals surface area contributed by atoms with E-state index in [1.54, 1.807) is 6.07 Å². The van der Waals surface area contributed by atoms with Gasteiger partial charge in [0.15, 0.2) is 0 Å². The second kappa shape index (κ2) is 7.08. The number of hydrogen-bond acceptors (Lipinski definition) is 3. The SMILES string of the molecule is CCC(N[C@@H](CO)c1ccccc1)c1ccccc1O. The van der Waals surface area contributed by atoms with Gasteiger partial charge in [-0.15, -0.1) is 0 Å².